The van der Waals surface area contributed by atoms with Gasteiger partial charge in [0, 0.05) is 37.6 Å². The molecular weight excluding hydrogens is 464 g/mol. The fraction of sp³-hybridized carbons (Fsp3) is 0.240. The van der Waals surface area contributed by atoms with Gasteiger partial charge in [0.05, 0.1) is 21.4 Å². The van der Waals surface area contributed by atoms with E-state index >= 15 is 0 Å². The molecule has 0 spiro atoms. The largest absolute Gasteiger partial charge is 0.382 e. The molecule has 0 aliphatic heterocycles. The molecule has 11 nitrogen and oxygen atoms in total. The molecule has 182 valence electrons. The van der Waals surface area contributed by atoms with Crippen LogP contribution in [0, 0.1) is 28.4 Å². The number of pyridine rings is 2. The number of aromatic nitrogens is 3. The number of hydrogen-bond donors (Lipinski definition) is 0. The number of nitro groups is 1. The van der Waals surface area contributed by atoms with Gasteiger partial charge in [0.1, 0.15) is 17.4 Å². The smallest absolute Gasteiger partial charge is 0.279 e. The van der Waals surface area contributed by atoms with Gasteiger partial charge in [-0.15, -0.1) is 0 Å². The van der Waals surface area contributed by atoms with Crippen molar-refractivity contribution < 1.29 is 14.5 Å². The molecule has 0 fully saturated rings. The second kappa shape index (κ2) is 10.3. The maximum atomic E-state index is 13.2. The second-order valence-corrected chi connectivity index (χ2v) is 7.90. The van der Waals surface area contributed by atoms with Crippen LogP contribution < -0.4 is 11.0 Å². The van der Waals surface area contributed by atoms with E-state index in [0.717, 1.165) is 0 Å². The Morgan fingerprint density at radius 1 is 1.28 bits per heavy atom. The number of carbonyl (C=O) groups excluding carboxylic acids is 1. The number of fused-ring (bicyclic) bond motifs is 2. The number of benzene rings is 1. The fourth-order valence-corrected chi connectivity index (χ4v) is 3.97. The Balaban J connectivity index is 2.01. The molecule has 0 unspecified atom stereocenters. The van der Waals surface area contributed by atoms with Gasteiger partial charge in [-0.25, -0.2) is 4.98 Å². The van der Waals surface area contributed by atoms with Crippen molar-refractivity contribution in [1.29, 1.82) is 5.26 Å². The standard InChI is InChI=1S/C25H22N6O5/c1-3-36-13-7-12-30-22(28-24(32)18-8-6-9-20(16(18)2)31(34)35)17(15-26)14-19-23(30)27-21-10-4-5-11-29(21)25(19)33/h4-6,8-11,14H,3,7,12-13H2,1-2H3. The Kier molecular flexibility index (Phi) is 6.98. The van der Waals surface area contributed by atoms with Gasteiger partial charge in [0.25, 0.3) is 17.2 Å². The van der Waals surface area contributed by atoms with Crippen LogP contribution in [0.1, 0.15) is 34.8 Å². The Bertz CT molecular complexity index is 1680. The number of nitriles is 1. The van der Waals surface area contributed by atoms with Gasteiger partial charge in [0.2, 0.25) is 0 Å². The number of carbonyl (C=O) groups is 1. The predicted octanol–water partition coefficient (Wildman–Crippen LogP) is 2.91. The van der Waals surface area contributed by atoms with E-state index in [1.54, 1.807) is 29.0 Å². The minimum absolute atomic E-state index is 0.00475. The number of amides is 1. The van der Waals surface area contributed by atoms with Crippen molar-refractivity contribution in [3.8, 4) is 6.07 Å². The van der Waals surface area contributed by atoms with Crippen molar-refractivity contribution in [2.75, 3.05) is 13.2 Å². The summed E-state index contributed by atoms with van der Waals surface area (Å²) in [4.78, 5) is 46.0. The van der Waals surface area contributed by atoms with Gasteiger partial charge in [-0.05, 0) is 44.5 Å². The Morgan fingerprint density at radius 2 is 2.08 bits per heavy atom. The van der Waals surface area contributed by atoms with E-state index in [0.29, 0.717) is 25.3 Å². The van der Waals surface area contributed by atoms with Crippen LogP contribution in [0.2, 0.25) is 0 Å². The fourth-order valence-electron chi connectivity index (χ4n) is 3.97. The first-order chi connectivity index (χ1) is 17.4. The summed E-state index contributed by atoms with van der Waals surface area (Å²) in [6.07, 6.45) is 2.09. The second-order valence-electron chi connectivity index (χ2n) is 7.90. The Labute approximate surface area is 204 Å². The monoisotopic (exact) mass is 486 g/mol. The van der Waals surface area contributed by atoms with Crippen LogP contribution in [0.25, 0.3) is 16.7 Å². The normalized spacial score (nSPS) is 11.6. The molecular formula is C25H22N6O5. The van der Waals surface area contributed by atoms with Crippen LogP contribution in [0.15, 0.2) is 58.4 Å². The van der Waals surface area contributed by atoms with Crippen LogP contribution in [-0.2, 0) is 11.3 Å². The lowest BCUT2D eigenvalue weighted by Gasteiger charge is -2.13. The molecule has 11 heteroatoms. The Morgan fingerprint density at radius 3 is 2.81 bits per heavy atom. The molecule has 0 atom stereocenters. The van der Waals surface area contributed by atoms with Crippen molar-refractivity contribution in [3.05, 3.63) is 91.3 Å². The van der Waals surface area contributed by atoms with E-state index in [2.05, 4.69) is 9.98 Å². The van der Waals surface area contributed by atoms with Gasteiger partial charge in [0.15, 0.2) is 5.49 Å². The lowest BCUT2D eigenvalue weighted by molar-refractivity contribution is -0.385. The number of aryl methyl sites for hydroxylation is 1. The molecule has 0 saturated carbocycles. The molecule has 4 rings (SSSR count). The molecule has 36 heavy (non-hydrogen) atoms. The van der Waals surface area contributed by atoms with Crippen molar-refractivity contribution in [2.24, 2.45) is 4.99 Å². The van der Waals surface area contributed by atoms with E-state index in [-0.39, 0.29) is 51.0 Å². The van der Waals surface area contributed by atoms with Crippen molar-refractivity contribution in [3.63, 3.8) is 0 Å². The first-order valence-corrected chi connectivity index (χ1v) is 11.2. The van der Waals surface area contributed by atoms with Crippen molar-refractivity contribution in [1.82, 2.24) is 14.0 Å². The third kappa shape index (κ3) is 4.49. The maximum absolute atomic E-state index is 13.2. The highest BCUT2D eigenvalue weighted by Gasteiger charge is 2.19. The molecule has 0 N–H and O–H groups in total. The van der Waals surface area contributed by atoms with Crippen LogP contribution in [0.3, 0.4) is 0 Å². The summed E-state index contributed by atoms with van der Waals surface area (Å²) in [7, 11) is 0. The first-order valence-electron chi connectivity index (χ1n) is 11.2. The van der Waals surface area contributed by atoms with Crippen LogP contribution >= 0.6 is 0 Å². The summed E-state index contributed by atoms with van der Waals surface area (Å²) in [5.74, 6) is -0.747. The SMILES string of the molecule is CCOCCCn1c(=NC(=O)c2cccc([N+](=O)[O-])c2C)c(C#N)cc2c(=O)n3ccccc3nc21. The number of nitrogens with zero attached hydrogens (tertiary/aromatic N) is 6. The summed E-state index contributed by atoms with van der Waals surface area (Å²) in [5.41, 5.74) is 0.323. The average molecular weight is 486 g/mol. The van der Waals surface area contributed by atoms with E-state index in [9.17, 15) is 25.0 Å². The third-order valence-corrected chi connectivity index (χ3v) is 5.72. The zero-order valence-corrected chi connectivity index (χ0v) is 19.7. The molecule has 0 saturated heterocycles. The number of ether oxygens (including phenoxy) is 1. The van der Waals surface area contributed by atoms with E-state index in [1.807, 2.05) is 13.0 Å². The zero-order valence-electron chi connectivity index (χ0n) is 19.7. The molecule has 0 bridgehead atoms. The number of hydrogen-bond acceptors (Lipinski definition) is 7. The minimum Gasteiger partial charge on any atom is -0.382 e. The van der Waals surface area contributed by atoms with Gasteiger partial charge in [-0.3, -0.25) is 24.1 Å². The van der Waals surface area contributed by atoms with Crippen molar-refractivity contribution in [2.45, 2.75) is 26.8 Å². The van der Waals surface area contributed by atoms with Crippen molar-refractivity contribution >= 4 is 28.3 Å². The topological polar surface area (TPSA) is 145 Å². The van der Waals surface area contributed by atoms with Gasteiger partial charge in [-0.1, -0.05) is 12.1 Å². The first kappa shape index (κ1) is 24.4. The van der Waals surface area contributed by atoms with Crippen LogP contribution in [0.4, 0.5) is 5.69 Å². The molecule has 1 aromatic carbocycles. The number of nitro benzene ring substituents is 1. The zero-order chi connectivity index (χ0) is 25.8. The molecule has 0 radical (unpaired) electrons. The molecule has 0 aliphatic carbocycles. The lowest BCUT2D eigenvalue weighted by Crippen LogP contribution is -2.30. The summed E-state index contributed by atoms with van der Waals surface area (Å²) in [5, 5.41) is 21.4. The highest BCUT2D eigenvalue weighted by molar-refractivity contribution is 5.97. The minimum atomic E-state index is -0.747. The summed E-state index contributed by atoms with van der Waals surface area (Å²) >= 11 is 0. The lowest BCUT2D eigenvalue weighted by atomic mass is 10.1. The summed E-state index contributed by atoms with van der Waals surface area (Å²) in [6.45, 7) is 4.54. The Hall–Kier alpha value is -4.69. The summed E-state index contributed by atoms with van der Waals surface area (Å²) < 4.78 is 8.37. The molecule has 4 aromatic rings. The third-order valence-electron chi connectivity index (χ3n) is 5.72. The van der Waals surface area contributed by atoms with E-state index in [1.165, 1.54) is 35.6 Å². The predicted molar refractivity (Wildman–Crippen MR) is 131 cm³/mol. The highest BCUT2D eigenvalue weighted by atomic mass is 16.6. The molecule has 0 aliphatic rings. The number of rotatable bonds is 7. The molecule has 1 amide bonds. The average Bonchev–Trinajstić information content (AvgIpc) is 2.87. The van der Waals surface area contributed by atoms with Crippen LogP contribution in [0.5, 0.6) is 0 Å². The van der Waals surface area contributed by atoms with E-state index in [4.69, 9.17) is 4.74 Å². The maximum Gasteiger partial charge on any atom is 0.279 e. The molecule has 3 aromatic heterocycles. The summed E-state index contributed by atoms with van der Waals surface area (Å²) in [6, 6.07) is 12.7. The van der Waals surface area contributed by atoms with Gasteiger partial charge in [-0.2, -0.15) is 10.3 Å². The van der Waals surface area contributed by atoms with Crippen LogP contribution in [-0.4, -0.2) is 38.0 Å². The highest BCUT2D eigenvalue weighted by Crippen LogP contribution is 2.21. The van der Waals surface area contributed by atoms with E-state index < -0.39 is 10.8 Å². The molecule has 3 heterocycles. The van der Waals surface area contributed by atoms with Gasteiger partial charge < -0.3 is 9.30 Å². The van der Waals surface area contributed by atoms with Gasteiger partial charge >= 0.3 is 0 Å². The quantitative estimate of drug-likeness (QED) is 0.169.